The van der Waals surface area contributed by atoms with Gasteiger partial charge in [-0.2, -0.15) is 0 Å². The van der Waals surface area contributed by atoms with E-state index in [1.165, 1.54) is 5.56 Å². The molecule has 0 aliphatic heterocycles. The zero-order valence-electron chi connectivity index (χ0n) is 17.7. The Kier molecular flexibility index (Phi) is 10.2. The predicted molar refractivity (Wildman–Crippen MR) is 119 cm³/mol. The fourth-order valence-electron chi connectivity index (χ4n) is 2.81. The van der Waals surface area contributed by atoms with Crippen LogP contribution in [0, 0.1) is 0 Å². The summed E-state index contributed by atoms with van der Waals surface area (Å²) in [7, 11) is 3.30. The Labute approximate surface area is 173 Å². The summed E-state index contributed by atoms with van der Waals surface area (Å²) < 4.78 is 10.7. The Hall–Kier alpha value is -2.96. The maximum Gasteiger partial charge on any atom is 0.191 e. The van der Waals surface area contributed by atoms with Gasteiger partial charge in [0.15, 0.2) is 17.5 Å². The number of methoxy groups -OCH3 is 2. The van der Waals surface area contributed by atoms with E-state index in [9.17, 15) is 0 Å². The maximum atomic E-state index is 5.37. The highest BCUT2D eigenvalue weighted by Crippen LogP contribution is 2.27. The van der Waals surface area contributed by atoms with Crippen molar-refractivity contribution in [2.24, 2.45) is 4.99 Å². The minimum Gasteiger partial charge on any atom is -0.493 e. The topological polar surface area (TPSA) is 79.8 Å². The van der Waals surface area contributed by atoms with Crippen LogP contribution in [0.15, 0.2) is 47.6 Å². The Morgan fingerprint density at radius 3 is 2.59 bits per heavy atom. The van der Waals surface area contributed by atoms with Crippen molar-refractivity contribution in [1.29, 1.82) is 0 Å². The number of anilines is 1. The highest BCUT2D eigenvalue weighted by atomic mass is 16.5. The van der Waals surface area contributed by atoms with E-state index in [1.807, 2.05) is 30.3 Å². The van der Waals surface area contributed by atoms with E-state index in [0.717, 1.165) is 68.7 Å². The van der Waals surface area contributed by atoms with Gasteiger partial charge in [-0.05, 0) is 56.0 Å². The molecule has 7 heteroatoms. The molecule has 29 heavy (non-hydrogen) atoms. The van der Waals surface area contributed by atoms with E-state index in [2.05, 4.69) is 38.9 Å². The van der Waals surface area contributed by atoms with Crippen molar-refractivity contribution in [2.75, 3.05) is 45.7 Å². The summed E-state index contributed by atoms with van der Waals surface area (Å²) in [5, 5.41) is 10.0. The largest absolute Gasteiger partial charge is 0.493 e. The molecule has 1 aromatic heterocycles. The van der Waals surface area contributed by atoms with Crippen molar-refractivity contribution in [3.05, 3.63) is 48.2 Å². The first-order chi connectivity index (χ1) is 14.3. The van der Waals surface area contributed by atoms with E-state index >= 15 is 0 Å². The Morgan fingerprint density at radius 2 is 1.86 bits per heavy atom. The summed E-state index contributed by atoms with van der Waals surface area (Å²) >= 11 is 0. The predicted octanol–water partition coefficient (Wildman–Crippen LogP) is 3.09. The third-order valence-electron chi connectivity index (χ3n) is 4.32. The van der Waals surface area contributed by atoms with Gasteiger partial charge in [0.05, 0.1) is 14.2 Å². The average molecular weight is 400 g/mol. The van der Waals surface area contributed by atoms with Gasteiger partial charge in [-0.15, -0.1) is 0 Å². The molecule has 1 heterocycles. The molecule has 2 rings (SSSR count). The first-order valence-electron chi connectivity index (χ1n) is 10.1. The molecule has 0 radical (unpaired) electrons. The number of hydrogen-bond acceptors (Lipinski definition) is 5. The highest BCUT2D eigenvalue weighted by Gasteiger charge is 2.05. The summed E-state index contributed by atoms with van der Waals surface area (Å²) in [4.78, 5) is 8.91. The lowest BCUT2D eigenvalue weighted by atomic mass is 10.1. The monoisotopic (exact) mass is 399 g/mol. The fourth-order valence-corrected chi connectivity index (χ4v) is 2.81. The van der Waals surface area contributed by atoms with Gasteiger partial charge < -0.3 is 25.4 Å². The second kappa shape index (κ2) is 13.3. The summed E-state index contributed by atoms with van der Waals surface area (Å²) in [6.45, 7) is 5.39. The number of guanidine groups is 1. The zero-order chi connectivity index (χ0) is 20.7. The number of rotatable bonds is 12. The highest BCUT2D eigenvalue weighted by molar-refractivity contribution is 5.79. The third kappa shape index (κ3) is 8.29. The molecule has 0 aliphatic carbocycles. The molecule has 0 bridgehead atoms. The number of hydrogen-bond donors (Lipinski definition) is 3. The van der Waals surface area contributed by atoms with Crippen LogP contribution >= 0.6 is 0 Å². The van der Waals surface area contributed by atoms with Crippen molar-refractivity contribution >= 4 is 11.8 Å². The minimum atomic E-state index is 0.747. The molecule has 0 fully saturated rings. The molecule has 158 valence electrons. The Bertz CT molecular complexity index is 737. The van der Waals surface area contributed by atoms with E-state index in [1.54, 1.807) is 20.4 Å². The van der Waals surface area contributed by atoms with E-state index < -0.39 is 0 Å². The second-order valence-electron chi connectivity index (χ2n) is 6.48. The molecule has 0 atom stereocenters. The Morgan fingerprint density at radius 1 is 1.00 bits per heavy atom. The second-order valence-corrected chi connectivity index (χ2v) is 6.48. The van der Waals surface area contributed by atoms with Crippen LogP contribution in [0.1, 0.15) is 25.3 Å². The van der Waals surface area contributed by atoms with Gasteiger partial charge in [-0.1, -0.05) is 12.1 Å². The van der Waals surface area contributed by atoms with Gasteiger partial charge in [0.2, 0.25) is 0 Å². The van der Waals surface area contributed by atoms with Crippen molar-refractivity contribution in [2.45, 2.75) is 26.2 Å². The lowest BCUT2D eigenvalue weighted by Gasteiger charge is -2.13. The first kappa shape index (κ1) is 22.3. The maximum absolute atomic E-state index is 5.37. The molecular weight excluding hydrogens is 366 g/mol. The standard InChI is InChI=1S/C22H33N5O2/c1-4-23-22(26-15-8-7-14-25-21-9-5-6-13-24-21)27-16-12-18-10-11-19(28-2)20(17-18)29-3/h5-6,9-11,13,17H,4,7-8,12,14-16H2,1-3H3,(H,24,25)(H2,23,26,27). The van der Waals surface area contributed by atoms with Gasteiger partial charge in [0.25, 0.3) is 0 Å². The number of ether oxygens (including phenoxy) is 2. The molecule has 0 spiro atoms. The normalized spacial score (nSPS) is 11.1. The van der Waals surface area contributed by atoms with Crippen LogP contribution in [-0.2, 0) is 6.42 Å². The number of nitrogens with zero attached hydrogens (tertiary/aromatic N) is 2. The zero-order valence-corrected chi connectivity index (χ0v) is 17.7. The number of unbranched alkanes of at least 4 members (excludes halogenated alkanes) is 1. The molecule has 1 aromatic carbocycles. The number of aromatic nitrogens is 1. The van der Waals surface area contributed by atoms with E-state index in [0.29, 0.717) is 0 Å². The lowest BCUT2D eigenvalue weighted by molar-refractivity contribution is 0.354. The van der Waals surface area contributed by atoms with Crippen LogP contribution in [0.3, 0.4) is 0 Å². The smallest absolute Gasteiger partial charge is 0.191 e. The van der Waals surface area contributed by atoms with Crippen molar-refractivity contribution in [3.8, 4) is 11.5 Å². The molecule has 0 saturated carbocycles. The number of aliphatic imine (C=N–C) groups is 1. The summed E-state index contributed by atoms with van der Waals surface area (Å²) in [5.74, 6) is 3.27. The van der Waals surface area contributed by atoms with Crippen LogP contribution in [-0.4, -0.2) is 51.3 Å². The van der Waals surface area contributed by atoms with Crippen LogP contribution in [0.2, 0.25) is 0 Å². The van der Waals surface area contributed by atoms with Gasteiger partial charge in [0, 0.05) is 32.4 Å². The van der Waals surface area contributed by atoms with Crippen LogP contribution < -0.4 is 25.4 Å². The molecule has 0 aliphatic rings. The molecule has 0 unspecified atom stereocenters. The number of nitrogens with one attached hydrogen (secondary N) is 3. The van der Waals surface area contributed by atoms with Crippen LogP contribution in [0.25, 0.3) is 0 Å². The number of pyridine rings is 1. The summed E-state index contributed by atoms with van der Waals surface area (Å²) in [5.41, 5.74) is 1.19. The Balaban J connectivity index is 1.70. The molecule has 7 nitrogen and oxygen atoms in total. The summed E-state index contributed by atoms with van der Waals surface area (Å²) in [6.07, 6.45) is 4.74. The van der Waals surface area contributed by atoms with Gasteiger partial charge >= 0.3 is 0 Å². The molecule has 0 amide bonds. The molecule has 2 aromatic rings. The van der Waals surface area contributed by atoms with Crippen molar-refractivity contribution in [3.63, 3.8) is 0 Å². The van der Waals surface area contributed by atoms with Gasteiger partial charge in [-0.25, -0.2) is 4.98 Å². The van der Waals surface area contributed by atoms with Crippen molar-refractivity contribution < 1.29 is 9.47 Å². The quantitative estimate of drug-likeness (QED) is 0.289. The van der Waals surface area contributed by atoms with Crippen LogP contribution in [0.5, 0.6) is 11.5 Å². The average Bonchev–Trinajstić information content (AvgIpc) is 2.76. The number of benzene rings is 1. The van der Waals surface area contributed by atoms with E-state index in [-0.39, 0.29) is 0 Å². The third-order valence-corrected chi connectivity index (χ3v) is 4.32. The van der Waals surface area contributed by atoms with Crippen molar-refractivity contribution in [1.82, 2.24) is 15.6 Å². The summed E-state index contributed by atoms with van der Waals surface area (Å²) in [6, 6.07) is 11.9. The fraction of sp³-hybridized carbons (Fsp3) is 0.455. The van der Waals surface area contributed by atoms with E-state index in [4.69, 9.17) is 9.47 Å². The van der Waals surface area contributed by atoms with Crippen LogP contribution in [0.4, 0.5) is 5.82 Å². The molecule has 3 N–H and O–H groups in total. The lowest BCUT2D eigenvalue weighted by Crippen LogP contribution is -2.38. The SMILES string of the molecule is CCNC(=NCCCCNc1ccccn1)NCCc1ccc(OC)c(OC)c1. The molecular formula is C22H33N5O2. The minimum absolute atomic E-state index is 0.747. The molecule has 0 saturated heterocycles. The van der Waals surface area contributed by atoms with Gasteiger partial charge in [0.1, 0.15) is 5.82 Å². The van der Waals surface area contributed by atoms with Gasteiger partial charge in [-0.3, -0.25) is 4.99 Å². The first-order valence-corrected chi connectivity index (χ1v) is 10.1.